The fourth-order valence-corrected chi connectivity index (χ4v) is 3.28. The van der Waals surface area contributed by atoms with Gasteiger partial charge in [-0.3, -0.25) is 0 Å². The number of nitrogens with one attached hydrogen (secondary N) is 1. The molecule has 1 nitrogen and oxygen atoms in total. The van der Waals surface area contributed by atoms with E-state index < -0.39 is 5.51 Å². The standard InChI is InChI=1S/C15H20F3NS/c1-11-3-2-4-13(11)10-19-9-12-5-7-14(8-6-12)20-15(16,17)18/h5-8,11,13,19H,2-4,9-10H2,1H3. The van der Waals surface area contributed by atoms with Gasteiger partial charge in [-0.2, -0.15) is 13.2 Å². The van der Waals surface area contributed by atoms with Crippen LogP contribution in [-0.4, -0.2) is 12.1 Å². The maximum Gasteiger partial charge on any atom is 0.446 e. The number of halogens is 3. The fraction of sp³-hybridized carbons (Fsp3) is 0.600. The van der Waals surface area contributed by atoms with Crippen LogP contribution < -0.4 is 5.32 Å². The molecule has 1 aromatic rings. The van der Waals surface area contributed by atoms with Gasteiger partial charge in [0, 0.05) is 11.4 Å². The van der Waals surface area contributed by atoms with Gasteiger partial charge in [-0.15, -0.1) is 0 Å². The zero-order valence-corrected chi connectivity index (χ0v) is 12.4. The first-order chi connectivity index (χ1) is 9.44. The highest BCUT2D eigenvalue weighted by Gasteiger charge is 2.29. The largest absolute Gasteiger partial charge is 0.446 e. The molecule has 2 rings (SSSR count). The van der Waals surface area contributed by atoms with Crippen LogP contribution >= 0.6 is 11.8 Å². The summed E-state index contributed by atoms with van der Waals surface area (Å²) in [7, 11) is 0. The molecule has 1 fully saturated rings. The summed E-state index contributed by atoms with van der Waals surface area (Å²) in [5, 5.41) is 3.41. The summed E-state index contributed by atoms with van der Waals surface area (Å²) in [4.78, 5) is 0.241. The maximum atomic E-state index is 12.2. The summed E-state index contributed by atoms with van der Waals surface area (Å²) in [6.07, 6.45) is 3.92. The summed E-state index contributed by atoms with van der Waals surface area (Å²) in [6.45, 7) is 4.02. The van der Waals surface area contributed by atoms with Gasteiger partial charge >= 0.3 is 5.51 Å². The zero-order valence-electron chi connectivity index (χ0n) is 11.5. The number of thioether (sulfide) groups is 1. The van der Waals surface area contributed by atoms with E-state index in [4.69, 9.17) is 0 Å². The van der Waals surface area contributed by atoms with Crippen LogP contribution in [0.25, 0.3) is 0 Å². The van der Waals surface area contributed by atoms with Crippen LogP contribution in [0.2, 0.25) is 0 Å². The molecule has 0 saturated heterocycles. The Bertz CT molecular complexity index is 416. The van der Waals surface area contributed by atoms with E-state index in [1.165, 1.54) is 31.4 Å². The van der Waals surface area contributed by atoms with E-state index in [9.17, 15) is 13.2 Å². The van der Waals surface area contributed by atoms with E-state index in [0.29, 0.717) is 0 Å². The van der Waals surface area contributed by atoms with Crippen LogP contribution in [0.4, 0.5) is 13.2 Å². The lowest BCUT2D eigenvalue weighted by Crippen LogP contribution is -2.23. The zero-order chi connectivity index (χ0) is 14.6. The number of benzene rings is 1. The SMILES string of the molecule is CC1CCCC1CNCc1ccc(SC(F)(F)F)cc1. The third kappa shape index (κ3) is 5.02. The minimum absolute atomic E-state index is 0.0664. The molecule has 0 amide bonds. The topological polar surface area (TPSA) is 12.0 Å². The molecule has 20 heavy (non-hydrogen) atoms. The molecule has 0 aliphatic heterocycles. The number of hydrogen-bond donors (Lipinski definition) is 1. The van der Waals surface area contributed by atoms with Crippen molar-refractivity contribution in [3.8, 4) is 0 Å². The molecule has 0 bridgehead atoms. The van der Waals surface area contributed by atoms with E-state index in [1.807, 2.05) is 0 Å². The van der Waals surface area contributed by atoms with Gasteiger partial charge in [0.05, 0.1) is 0 Å². The van der Waals surface area contributed by atoms with Crippen LogP contribution in [0, 0.1) is 11.8 Å². The summed E-state index contributed by atoms with van der Waals surface area (Å²) in [5.41, 5.74) is -3.18. The van der Waals surface area contributed by atoms with Crippen LogP contribution in [0.1, 0.15) is 31.7 Å². The summed E-state index contributed by atoms with van der Waals surface area (Å²) in [5.74, 6) is 1.53. The highest BCUT2D eigenvalue weighted by molar-refractivity contribution is 8.00. The second-order valence-electron chi connectivity index (χ2n) is 5.49. The number of alkyl halides is 3. The third-order valence-electron chi connectivity index (χ3n) is 3.93. The minimum atomic E-state index is -4.21. The van der Waals surface area contributed by atoms with E-state index in [0.717, 1.165) is 30.5 Å². The van der Waals surface area contributed by atoms with Gasteiger partial charge in [-0.05, 0) is 54.3 Å². The Kier molecular flexibility index (Phi) is 5.38. The lowest BCUT2D eigenvalue weighted by Gasteiger charge is -2.16. The van der Waals surface area contributed by atoms with Crippen molar-refractivity contribution in [1.29, 1.82) is 0 Å². The molecule has 1 N–H and O–H groups in total. The summed E-state index contributed by atoms with van der Waals surface area (Å²) in [6, 6.07) is 6.60. The molecule has 5 heteroatoms. The highest BCUT2D eigenvalue weighted by atomic mass is 32.2. The third-order valence-corrected chi connectivity index (χ3v) is 4.67. The molecule has 2 unspecified atom stereocenters. The quantitative estimate of drug-likeness (QED) is 0.782. The van der Waals surface area contributed by atoms with Crippen molar-refractivity contribution in [2.24, 2.45) is 11.8 Å². The Morgan fingerprint density at radius 1 is 1.20 bits per heavy atom. The van der Waals surface area contributed by atoms with E-state index in [1.54, 1.807) is 12.1 Å². The van der Waals surface area contributed by atoms with Crippen LogP contribution in [-0.2, 0) is 6.54 Å². The van der Waals surface area contributed by atoms with Crippen molar-refractivity contribution in [2.75, 3.05) is 6.54 Å². The Hall–Kier alpha value is -0.680. The molecule has 112 valence electrons. The first kappa shape index (κ1) is 15.7. The number of rotatable bonds is 5. The van der Waals surface area contributed by atoms with Gasteiger partial charge in [-0.1, -0.05) is 31.9 Å². The average molecular weight is 303 g/mol. The predicted molar refractivity (Wildman–Crippen MR) is 76.6 cm³/mol. The van der Waals surface area contributed by atoms with Gasteiger partial charge in [0.25, 0.3) is 0 Å². The normalized spacial score (nSPS) is 23.2. The van der Waals surface area contributed by atoms with Gasteiger partial charge in [0.1, 0.15) is 0 Å². The number of hydrogen-bond acceptors (Lipinski definition) is 2. The van der Waals surface area contributed by atoms with Crippen molar-refractivity contribution in [3.63, 3.8) is 0 Å². The van der Waals surface area contributed by atoms with Crippen molar-refractivity contribution < 1.29 is 13.2 Å². The first-order valence-electron chi connectivity index (χ1n) is 6.99. The Labute approximate surface area is 122 Å². The van der Waals surface area contributed by atoms with Crippen molar-refractivity contribution in [2.45, 2.75) is 43.1 Å². The first-order valence-corrected chi connectivity index (χ1v) is 7.81. The van der Waals surface area contributed by atoms with Crippen LogP contribution in [0.15, 0.2) is 29.2 Å². The monoisotopic (exact) mass is 303 g/mol. The molecule has 1 aliphatic carbocycles. The Morgan fingerprint density at radius 2 is 1.90 bits per heavy atom. The molecule has 1 saturated carbocycles. The molecule has 1 aliphatic rings. The molecule has 0 aromatic heterocycles. The van der Waals surface area contributed by atoms with Gasteiger partial charge in [-0.25, -0.2) is 0 Å². The smallest absolute Gasteiger partial charge is 0.312 e. The molecule has 1 aromatic carbocycles. The van der Waals surface area contributed by atoms with E-state index in [-0.39, 0.29) is 16.7 Å². The van der Waals surface area contributed by atoms with Crippen LogP contribution in [0.3, 0.4) is 0 Å². The van der Waals surface area contributed by atoms with E-state index >= 15 is 0 Å². The molecule has 2 atom stereocenters. The fourth-order valence-electron chi connectivity index (χ4n) is 2.74. The molecular formula is C15H20F3NS. The highest BCUT2D eigenvalue weighted by Crippen LogP contribution is 2.36. The Morgan fingerprint density at radius 3 is 2.45 bits per heavy atom. The van der Waals surface area contributed by atoms with Crippen molar-refractivity contribution in [1.82, 2.24) is 5.32 Å². The average Bonchev–Trinajstić information content (AvgIpc) is 2.76. The van der Waals surface area contributed by atoms with E-state index in [2.05, 4.69) is 12.2 Å². The van der Waals surface area contributed by atoms with Crippen LogP contribution in [0.5, 0.6) is 0 Å². The molecule has 0 radical (unpaired) electrons. The summed E-state index contributed by atoms with van der Waals surface area (Å²) >= 11 is -0.0664. The van der Waals surface area contributed by atoms with Gasteiger partial charge < -0.3 is 5.32 Å². The van der Waals surface area contributed by atoms with Crippen molar-refractivity contribution in [3.05, 3.63) is 29.8 Å². The minimum Gasteiger partial charge on any atom is -0.312 e. The lowest BCUT2D eigenvalue weighted by molar-refractivity contribution is -0.0328. The van der Waals surface area contributed by atoms with Gasteiger partial charge in [0.2, 0.25) is 0 Å². The molecule has 0 heterocycles. The second kappa shape index (κ2) is 6.85. The van der Waals surface area contributed by atoms with Crippen molar-refractivity contribution >= 4 is 11.8 Å². The predicted octanol–water partition coefficient (Wildman–Crippen LogP) is 4.82. The van der Waals surface area contributed by atoms with Gasteiger partial charge in [0.15, 0.2) is 0 Å². The molecular weight excluding hydrogens is 283 g/mol. The summed E-state index contributed by atoms with van der Waals surface area (Å²) < 4.78 is 36.6. The second-order valence-corrected chi connectivity index (χ2v) is 6.63. The lowest BCUT2D eigenvalue weighted by atomic mass is 9.98. The Balaban J connectivity index is 1.76. The molecule has 0 spiro atoms. The maximum absolute atomic E-state index is 12.2.